The van der Waals surface area contributed by atoms with Crippen LogP contribution in [0.15, 0.2) is 24.3 Å². The van der Waals surface area contributed by atoms with Crippen LogP contribution < -0.4 is 13.2 Å². The van der Waals surface area contributed by atoms with E-state index >= 15 is 0 Å². The molecular weight excluding hydrogens is 377 g/mol. The van der Waals surface area contributed by atoms with E-state index in [0.29, 0.717) is 0 Å². The summed E-state index contributed by atoms with van der Waals surface area (Å²) in [6.07, 6.45) is 2.89. The number of nitrogens with one attached hydrogen (secondary N) is 2. The Morgan fingerprint density at radius 3 is 2.47 bits per heavy atom. The van der Waals surface area contributed by atoms with Crippen molar-refractivity contribution in [1.82, 2.24) is 4.72 Å². The molecule has 1 aromatic carbocycles. The van der Waals surface area contributed by atoms with Gasteiger partial charge in [0.05, 0.1) is 40.5 Å². The summed E-state index contributed by atoms with van der Waals surface area (Å²) >= 11 is 2.13. The van der Waals surface area contributed by atoms with Crippen molar-refractivity contribution in [2.45, 2.75) is 18.9 Å². The second-order valence-electron chi connectivity index (χ2n) is 4.76. The van der Waals surface area contributed by atoms with Crippen LogP contribution in [0.1, 0.15) is 12.8 Å². The van der Waals surface area contributed by atoms with Crippen LogP contribution >= 0.6 is 22.9 Å². The molecule has 7 heteroatoms. The lowest BCUT2D eigenvalue weighted by Crippen LogP contribution is -2.44. The monoisotopic (exact) mass is 395 g/mol. The molecule has 2 N–H and O–H groups in total. The van der Waals surface area contributed by atoms with E-state index in [-0.39, 0.29) is 6.04 Å². The number of hydrogen-bond donors (Lipinski definition) is 2. The van der Waals surface area contributed by atoms with Gasteiger partial charge in [-0.2, -0.15) is 0 Å². The topological polar surface area (TPSA) is 61.4 Å². The summed E-state index contributed by atoms with van der Waals surface area (Å²) in [6.45, 7) is 1.73. The molecule has 2 rings (SSSR count). The van der Waals surface area contributed by atoms with E-state index in [4.69, 9.17) is 0 Å². The molecule has 1 aliphatic heterocycles. The zero-order valence-corrected chi connectivity index (χ0v) is 13.7. The standard InChI is InChI=1S/C12H18IN3O2S/c1-19(17,18)15-10-6-8-16(9-7-10)12-5-3-2-4-11(12)14-13/h2-5,10,14-15H,6-9H2,1H3. The second kappa shape index (κ2) is 6.27. The number of hydrogen-bond acceptors (Lipinski definition) is 4. The molecule has 1 fully saturated rings. The van der Waals surface area contributed by atoms with E-state index in [1.54, 1.807) is 0 Å². The summed E-state index contributed by atoms with van der Waals surface area (Å²) in [6, 6.07) is 8.22. The van der Waals surface area contributed by atoms with E-state index in [1.807, 2.05) is 18.2 Å². The van der Waals surface area contributed by atoms with Crippen LogP contribution in [0.3, 0.4) is 0 Å². The van der Waals surface area contributed by atoms with Gasteiger partial charge in [-0.15, -0.1) is 0 Å². The summed E-state index contributed by atoms with van der Waals surface area (Å²) in [5.74, 6) is 0. The zero-order chi connectivity index (χ0) is 13.9. The highest BCUT2D eigenvalue weighted by atomic mass is 127. The Morgan fingerprint density at radius 1 is 1.26 bits per heavy atom. The molecule has 0 aliphatic carbocycles. The fourth-order valence-electron chi connectivity index (χ4n) is 2.37. The molecule has 5 nitrogen and oxygen atoms in total. The maximum absolute atomic E-state index is 11.2. The highest BCUT2D eigenvalue weighted by Crippen LogP contribution is 2.29. The highest BCUT2D eigenvalue weighted by Gasteiger charge is 2.22. The summed E-state index contributed by atoms with van der Waals surface area (Å²) in [7, 11) is -3.10. The Hall–Kier alpha value is -0.540. The molecule has 106 valence electrons. The SMILES string of the molecule is CS(=O)(=O)NC1CCN(c2ccccc2NI)CC1. The first kappa shape index (κ1) is 14.9. The van der Waals surface area contributed by atoms with Gasteiger partial charge in [-0.1, -0.05) is 12.1 Å². The van der Waals surface area contributed by atoms with E-state index in [2.05, 4.69) is 42.1 Å². The summed E-state index contributed by atoms with van der Waals surface area (Å²) < 4.78 is 28.3. The first-order chi connectivity index (χ1) is 8.99. The summed E-state index contributed by atoms with van der Waals surface area (Å²) in [5.41, 5.74) is 2.27. The van der Waals surface area contributed by atoms with E-state index < -0.39 is 10.0 Å². The van der Waals surface area contributed by atoms with Gasteiger partial charge in [-0.3, -0.25) is 0 Å². The van der Waals surface area contributed by atoms with Crippen molar-refractivity contribution in [3.05, 3.63) is 24.3 Å². The number of para-hydroxylation sites is 2. The Labute approximate surface area is 128 Å². The molecule has 0 aromatic heterocycles. The normalized spacial score (nSPS) is 17.5. The lowest BCUT2D eigenvalue weighted by atomic mass is 10.1. The molecule has 0 atom stereocenters. The predicted octanol–water partition coefficient (Wildman–Crippen LogP) is 1.97. The first-order valence-corrected chi connectivity index (χ1v) is 9.14. The summed E-state index contributed by atoms with van der Waals surface area (Å²) in [4.78, 5) is 2.29. The highest BCUT2D eigenvalue weighted by molar-refractivity contribution is 14.1. The number of rotatable bonds is 4. The van der Waals surface area contributed by atoms with Gasteiger partial charge in [0.1, 0.15) is 0 Å². The fraction of sp³-hybridized carbons (Fsp3) is 0.500. The van der Waals surface area contributed by atoms with Crippen molar-refractivity contribution in [3.8, 4) is 0 Å². The third-order valence-corrected chi connectivity index (χ3v) is 4.56. The van der Waals surface area contributed by atoms with Crippen molar-refractivity contribution in [3.63, 3.8) is 0 Å². The number of nitrogens with zero attached hydrogens (tertiary/aromatic N) is 1. The van der Waals surface area contributed by atoms with Gasteiger partial charge in [-0.25, -0.2) is 13.1 Å². The summed E-state index contributed by atoms with van der Waals surface area (Å²) in [5, 5.41) is 0. The molecule has 0 amide bonds. The smallest absolute Gasteiger partial charge is 0.208 e. The average Bonchev–Trinajstić information content (AvgIpc) is 2.38. The van der Waals surface area contributed by atoms with Crippen molar-refractivity contribution in [2.75, 3.05) is 27.8 Å². The quantitative estimate of drug-likeness (QED) is 0.605. The molecule has 0 bridgehead atoms. The van der Waals surface area contributed by atoms with E-state index in [1.165, 1.54) is 11.9 Å². The molecule has 1 saturated heterocycles. The molecule has 1 aromatic rings. The van der Waals surface area contributed by atoms with Crippen LogP contribution in [0.5, 0.6) is 0 Å². The second-order valence-corrected chi connectivity index (χ2v) is 7.08. The maximum Gasteiger partial charge on any atom is 0.208 e. The van der Waals surface area contributed by atoms with Crippen LogP contribution in [0, 0.1) is 0 Å². The molecule has 1 aliphatic rings. The van der Waals surface area contributed by atoms with Crippen molar-refractivity contribution >= 4 is 44.3 Å². The van der Waals surface area contributed by atoms with Gasteiger partial charge in [0.2, 0.25) is 10.0 Å². The third-order valence-electron chi connectivity index (χ3n) is 3.22. The van der Waals surface area contributed by atoms with Gasteiger partial charge >= 0.3 is 0 Å². The van der Waals surface area contributed by atoms with Crippen LogP contribution in [0.25, 0.3) is 0 Å². The lowest BCUT2D eigenvalue weighted by Gasteiger charge is -2.34. The predicted molar refractivity (Wildman–Crippen MR) is 87.3 cm³/mol. The van der Waals surface area contributed by atoms with Gasteiger partial charge < -0.3 is 8.43 Å². The molecule has 0 unspecified atom stereocenters. The number of benzene rings is 1. The molecule has 0 saturated carbocycles. The Bertz CT molecular complexity index is 528. The molecule has 1 heterocycles. The fourth-order valence-corrected chi connectivity index (χ4v) is 3.67. The molecular formula is C12H18IN3O2S. The Balaban J connectivity index is 2.00. The van der Waals surface area contributed by atoms with Crippen LogP contribution in [-0.4, -0.2) is 33.8 Å². The van der Waals surface area contributed by atoms with E-state index in [0.717, 1.165) is 31.6 Å². The molecule has 0 radical (unpaired) electrons. The van der Waals surface area contributed by atoms with Crippen LogP contribution in [0.2, 0.25) is 0 Å². The van der Waals surface area contributed by atoms with E-state index in [9.17, 15) is 8.42 Å². The number of anilines is 2. The van der Waals surface area contributed by atoms with Gasteiger partial charge in [-0.05, 0) is 25.0 Å². The molecule has 19 heavy (non-hydrogen) atoms. The number of sulfonamides is 1. The van der Waals surface area contributed by atoms with Gasteiger partial charge in [0, 0.05) is 19.1 Å². The Morgan fingerprint density at radius 2 is 1.89 bits per heavy atom. The maximum atomic E-state index is 11.2. The van der Waals surface area contributed by atoms with Crippen LogP contribution in [0.4, 0.5) is 11.4 Å². The zero-order valence-electron chi connectivity index (χ0n) is 10.8. The minimum Gasteiger partial charge on any atom is -0.370 e. The van der Waals surface area contributed by atoms with Crippen molar-refractivity contribution < 1.29 is 8.42 Å². The van der Waals surface area contributed by atoms with Gasteiger partial charge in [0.25, 0.3) is 0 Å². The lowest BCUT2D eigenvalue weighted by molar-refractivity contribution is 0.462. The number of halogens is 1. The minimum atomic E-state index is -3.10. The van der Waals surface area contributed by atoms with Gasteiger partial charge in [0.15, 0.2) is 0 Å². The number of piperidine rings is 1. The largest absolute Gasteiger partial charge is 0.370 e. The average molecular weight is 395 g/mol. The van der Waals surface area contributed by atoms with Crippen molar-refractivity contribution in [1.29, 1.82) is 0 Å². The van der Waals surface area contributed by atoms with Crippen molar-refractivity contribution in [2.24, 2.45) is 0 Å². The van der Waals surface area contributed by atoms with Crippen LogP contribution in [-0.2, 0) is 10.0 Å². The Kier molecular flexibility index (Phi) is 4.91. The minimum absolute atomic E-state index is 0.0611. The third kappa shape index (κ3) is 4.22. The molecule has 0 spiro atoms. The first-order valence-electron chi connectivity index (χ1n) is 6.17.